The maximum Gasteiger partial charge on any atom is 0.0695 e. The Bertz CT molecular complexity index is 231. The molecule has 0 aromatic heterocycles. The van der Waals surface area contributed by atoms with Crippen LogP contribution in [-0.2, 0) is 0 Å². The van der Waals surface area contributed by atoms with E-state index in [-0.39, 0.29) is 6.10 Å². The Morgan fingerprint density at radius 3 is 2.38 bits per heavy atom. The quantitative estimate of drug-likeness (QED) is 0.741. The van der Waals surface area contributed by atoms with Gasteiger partial charge in [-0.05, 0) is 56.5 Å². The van der Waals surface area contributed by atoms with Gasteiger partial charge >= 0.3 is 0 Å². The highest BCUT2D eigenvalue weighted by Gasteiger charge is 2.37. The van der Waals surface area contributed by atoms with Crippen LogP contribution in [0.5, 0.6) is 0 Å². The van der Waals surface area contributed by atoms with Crippen LogP contribution >= 0.6 is 0 Å². The van der Waals surface area contributed by atoms with Crippen molar-refractivity contribution in [1.82, 2.24) is 4.90 Å². The third-order valence-electron chi connectivity index (χ3n) is 4.61. The van der Waals surface area contributed by atoms with Gasteiger partial charge in [0.05, 0.1) is 6.10 Å². The van der Waals surface area contributed by atoms with E-state index in [0.717, 1.165) is 12.3 Å². The van der Waals surface area contributed by atoms with Crippen molar-refractivity contribution in [3.63, 3.8) is 0 Å². The first-order valence-electron chi connectivity index (χ1n) is 6.90. The lowest BCUT2D eigenvalue weighted by molar-refractivity contribution is -0.0280. The Kier molecular flexibility index (Phi) is 3.60. The molecule has 2 aliphatic rings. The molecule has 1 heterocycles. The van der Waals surface area contributed by atoms with Crippen LogP contribution in [0.3, 0.4) is 0 Å². The molecule has 2 fully saturated rings. The van der Waals surface area contributed by atoms with Crippen LogP contribution in [0.1, 0.15) is 52.9 Å². The van der Waals surface area contributed by atoms with E-state index in [0.29, 0.717) is 11.5 Å². The number of aliphatic hydroxyl groups excluding tert-OH is 1. The lowest BCUT2D eigenvalue weighted by atomic mass is 9.73. The lowest BCUT2D eigenvalue weighted by Gasteiger charge is -2.46. The third kappa shape index (κ3) is 2.78. The van der Waals surface area contributed by atoms with E-state index < -0.39 is 0 Å². The van der Waals surface area contributed by atoms with Gasteiger partial charge in [0.15, 0.2) is 0 Å². The molecule has 2 rings (SSSR count). The van der Waals surface area contributed by atoms with Crippen molar-refractivity contribution in [2.24, 2.45) is 11.3 Å². The van der Waals surface area contributed by atoms with Gasteiger partial charge in [-0.3, -0.25) is 4.90 Å². The Hall–Kier alpha value is -0.0800. The molecule has 1 aliphatic carbocycles. The van der Waals surface area contributed by atoms with Gasteiger partial charge in [-0.1, -0.05) is 20.8 Å². The first-order chi connectivity index (χ1) is 7.48. The molecule has 0 spiro atoms. The summed E-state index contributed by atoms with van der Waals surface area (Å²) in [6.07, 6.45) is 5.87. The number of hydrogen-bond acceptors (Lipinski definition) is 2. The van der Waals surface area contributed by atoms with Crippen molar-refractivity contribution in [2.75, 3.05) is 13.1 Å². The number of nitrogens with zero attached hydrogens (tertiary/aromatic N) is 1. The molecule has 0 radical (unpaired) electrons. The number of aliphatic hydroxyl groups is 1. The monoisotopic (exact) mass is 225 g/mol. The Morgan fingerprint density at radius 1 is 1.12 bits per heavy atom. The summed E-state index contributed by atoms with van der Waals surface area (Å²) >= 11 is 0. The number of hydrogen-bond donors (Lipinski definition) is 1. The van der Waals surface area contributed by atoms with Gasteiger partial charge in [-0.15, -0.1) is 0 Å². The van der Waals surface area contributed by atoms with Gasteiger partial charge in [0, 0.05) is 6.04 Å². The highest BCUT2D eigenvalue weighted by molar-refractivity contribution is 4.91. The van der Waals surface area contributed by atoms with E-state index in [1.807, 2.05) is 0 Å². The zero-order valence-electron chi connectivity index (χ0n) is 11.1. The summed E-state index contributed by atoms with van der Waals surface area (Å²) in [5.41, 5.74) is 0.424. The molecular weight excluding hydrogens is 198 g/mol. The van der Waals surface area contributed by atoms with E-state index in [1.165, 1.54) is 38.8 Å². The average Bonchev–Trinajstić information content (AvgIpc) is 2.23. The molecule has 0 aromatic rings. The number of likely N-dealkylation sites (tertiary alicyclic amines) is 1. The van der Waals surface area contributed by atoms with Crippen molar-refractivity contribution in [3.8, 4) is 0 Å². The Balaban J connectivity index is 1.96. The van der Waals surface area contributed by atoms with E-state index in [9.17, 15) is 5.11 Å². The first-order valence-corrected chi connectivity index (χ1v) is 6.90. The summed E-state index contributed by atoms with van der Waals surface area (Å²) in [4.78, 5) is 2.55. The number of rotatable bonds is 1. The summed E-state index contributed by atoms with van der Waals surface area (Å²) in [5.74, 6) is 0.880. The fourth-order valence-corrected chi connectivity index (χ4v) is 3.27. The molecule has 94 valence electrons. The predicted octanol–water partition coefficient (Wildman–Crippen LogP) is 2.66. The highest BCUT2D eigenvalue weighted by Crippen LogP contribution is 2.38. The van der Waals surface area contributed by atoms with Gasteiger partial charge in [0.2, 0.25) is 0 Å². The average molecular weight is 225 g/mol. The zero-order valence-corrected chi connectivity index (χ0v) is 11.1. The molecule has 0 bridgehead atoms. The standard InChI is InChI=1S/C14H27NO/c1-11-5-8-15(9-6-11)12-10-14(2,3)7-4-13(12)16/h11-13,16H,4-10H2,1-3H3. The summed E-state index contributed by atoms with van der Waals surface area (Å²) in [6.45, 7) is 9.42. The van der Waals surface area contributed by atoms with E-state index in [4.69, 9.17) is 0 Å². The minimum absolute atomic E-state index is 0.0820. The largest absolute Gasteiger partial charge is 0.391 e. The molecule has 1 N–H and O–H groups in total. The molecule has 2 heteroatoms. The summed E-state index contributed by atoms with van der Waals surface area (Å²) < 4.78 is 0. The van der Waals surface area contributed by atoms with Crippen LogP contribution in [0, 0.1) is 11.3 Å². The van der Waals surface area contributed by atoms with Crippen LogP contribution < -0.4 is 0 Å². The molecule has 2 atom stereocenters. The molecule has 0 aromatic carbocycles. The highest BCUT2D eigenvalue weighted by atomic mass is 16.3. The van der Waals surface area contributed by atoms with Gasteiger partial charge in [0.1, 0.15) is 0 Å². The summed E-state index contributed by atoms with van der Waals surface area (Å²) in [6, 6.07) is 0.427. The van der Waals surface area contributed by atoms with E-state index >= 15 is 0 Å². The second kappa shape index (κ2) is 4.66. The second-order valence-electron chi connectivity index (χ2n) is 6.76. The predicted molar refractivity (Wildman–Crippen MR) is 67.4 cm³/mol. The molecule has 1 aliphatic heterocycles. The van der Waals surface area contributed by atoms with Crippen molar-refractivity contribution in [1.29, 1.82) is 0 Å². The third-order valence-corrected chi connectivity index (χ3v) is 4.61. The normalized spacial score (nSPS) is 37.5. The minimum atomic E-state index is -0.0820. The first kappa shape index (κ1) is 12.4. The van der Waals surface area contributed by atoms with Crippen molar-refractivity contribution in [2.45, 2.75) is 65.0 Å². The van der Waals surface area contributed by atoms with Crippen LogP contribution in [0.15, 0.2) is 0 Å². The SMILES string of the molecule is CC1CCN(C2CC(C)(C)CCC2O)CC1. The van der Waals surface area contributed by atoms with Gasteiger partial charge in [-0.25, -0.2) is 0 Å². The maximum atomic E-state index is 10.2. The molecule has 2 nitrogen and oxygen atoms in total. The van der Waals surface area contributed by atoms with Crippen molar-refractivity contribution >= 4 is 0 Å². The smallest absolute Gasteiger partial charge is 0.0695 e. The Labute approximate surface area is 100 Å². The van der Waals surface area contributed by atoms with E-state index in [1.54, 1.807) is 0 Å². The molecule has 0 amide bonds. The van der Waals surface area contributed by atoms with Crippen LogP contribution in [-0.4, -0.2) is 35.2 Å². The fourth-order valence-electron chi connectivity index (χ4n) is 3.27. The summed E-state index contributed by atoms with van der Waals surface area (Å²) in [5, 5.41) is 10.2. The minimum Gasteiger partial charge on any atom is -0.391 e. The molecule has 1 saturated heterocycles. The molecule has 2 unspecified atom stereocenters. The van der Waals surface area contributed by atoms with Crippen LogP contribution in [0.2, 0.25) is 0 Å². The lowest BCUT2D eigenvalue weighted by Crippen LogP contribution is -2.51. The maximum absolute atomic E-state index is 10.2. The van der Waals surface area contributed by atoms with Crippen molar-refractivity contribution in [3.05, 3.63) is 0 Å². The molecular formula is C14H27NO. The van der Waals surface area contributed by atoms with Crippen LogP contribution in [0.25, 0.3) is 0 Å². The number of piperidine rings is 1. The second-order valence-corrected chi connectivity index (χ2v) is 6.76. The zero-order chi connectivity index (χ0) is 11.8. The van der Waals surface area contributed by atoms with E-state index in [2.05, 4.69) is 25.7 Å². The topological polar surface area (TPSA) is 23.5 Å². The van der Waals surface area contributed by atoms with Gasteiger partial charge in [-0.2, -0.15) is 0 Å². The summed E-state index contributed by atoms with van der Waals surface area (Å²) in [7, 11) is 0. The fraction of sp³-hybridized carbons (Fsp3) is 1.00. The van der Waals surface area contributed by atoms with Gasteiger partial charge < -0.3 is 5.11 Å². The molecule has 16 heavy (non-hydrogen) atoms. The molecule has 1 saturated carbocycles. The Morgan fingerprint density at radius 2 is 1.75 bits per heavy atom. The van der Waals surface area contributed by atoms with Crippen LogP contribution in [0.4, 0.5) is 0 Å². The van der Waals surface area contributed by atoms with Gasteiger partial charge in [0.25, 0.3) is 0 Å². The van der Waals surface area contributed by atoms with Crippen molar-refractivity contribution < 1.29 is 5.11 Å².